The van der Waals surface area contributed by atoms with Crippen LogP contribution >= 0.6 is 0 Å². The van der Waals surface area contributed by atoms with E-state index in [1.54, 1.807) is 44.3 Å². The number of aromatic nitrogens is 2. The number of carbonyl (C=O) groups excluding carboxylic acids is 3. The summed E-state index contributed by atoms with van der Waals surface area (Å²) in [6.45, 7) is 15.6. The zero-order valence-corrected chi connectivity index (χ0v) is 43.1. The minimum Gasteiger partial charge on any atom is -0.492 e. The number of Topliss-reactive ketones (excluding diaryl/α,β-unsaturated/α-hetero) is 1. The molecule has 398 valence electrons. The van der Waals surface area contributed by atoms with Gasteiger partial charge >= 0.3 is 6.18 Å². The average Bonchev–Trinajstić information content (AvgIpc) is 3.49. The zero-order chi connectivity index (χ0) is 53.9. The highest BCUT2D eigenvalue weighted by atomic mass is 19.4. The molecule has 20 heteroatoms. The van der Waals surface area contributed by atoms with Gasteiger partial charge in [0.15, 0.2) is 11.6 Å². The van der Waals surface area contributed by atoms with E-state index in [0.717, 1.165) is 73.0 Å². The number of ketones is 1. The largest absolute Gasteiger partial charge is 0.492 e. The molecule has 0 atom stereocenters. The van der Waals surface area contributed by atoms with Crippen LogP contribution in [0.5, 0.6) is 11.5 Å². The van der Waals surface area contributed by atoms with Gasteiger partial charge in [-0.05, 0) is 92.3 Å². The molecule has 7 N–H and O–H groups in total. The van der Waals surface area contributed by atoms with Crippen molar-refractivity contribution in [2.45, 2.75) is 52.6 Å². The maximum Gasteiger partial charge on any atom is 0.431 e. The Labute approximate surface area is 439 Å². The van der Waals surface area contributed by atoms with Crippen molar-refractivity contribution in [2.24, 2.45) is 27.8 Å². The van der Waals surface area contributed by atoms with Crippen molar-refractivity contribution >= 4 is 80.6 Å². The van der Waals surface area contributed by atoms with Crippen molar-refractivity contribution in [1.82, 2.24) is 19.8 Å². The number of hydrogen-bond donors (Lipinski definition) is 5. The van der Waals surface area contributed by atoms with Crippen molar-refractivity contribution in [2.75, 3.05) is 91.8 Å². The monoisotopic (exact) mass is 1040 g/mol. The number of nitrogens with one attached hydrogen (secondary N) is 3. The number of piperidine rings is 1. The van der Waals surface area contributed by atoms with Crippen molar-refractivity contribution in [3.8, 4) is 11.5 Å². The quantitative estimate of drug-likeness (QED) is 0.0657. The van der Waals surface area contributed by atoms with Crippen LogP contribution in [0.3, 0.4) is 0 Å². The number of piperazine rings is 1. The number of nitrogens with zero attached hydrogens (tertiary/aromatic N) is 7. The Balaban J connectivity index is 0.738. The molecule has 1 aliphatic carbocycles. The molecule has 1 aromatic heterocycles. The minimum atomic E-state index is -4.91. The number of benzene rings is 4. The summed E-state index contributed by atoms with van der Waals surface area (Å²) in [5.41, 5.74) is 14.8. The number of aliphatic imine (C=N–C) groups is 1. The Hall–Kier alpha value is -8.13. The van der Waals surface area contributed by atoms with Gasteiger partial charge in [-0.2, -0.15) is 18.2 Å². The van der Waals surface area contributed by atoms with E-state index in [1.807, 2.05) is 60.2 Å². The number of carbonyl (C=O) groups is 3. The van der Waals surface area contributed by atoms with E-state index in [9.17, 15) is 27.6 Å². The van der Waals surface area contributed by atoms with Crippen LogP contribution in [-0.4, -0.2) is 115 Å². The Bertz CT molecular complexity index is 3090. The SMILES string of the molecule is C=C1c2ccccc2Nc2nc(Nc3ccc(N4CCC(C(=O)N5CCN(CCOc6ccc(Nc7cc(N=C8CC(C)(C)CC(=O)C8=C(N)C(F)(F)F)ccc7C(N)=O)cc6)CC5)CC4)cc3OCC)ncc2N1C. The summed E-state index contributed by atoms with van der Waals surface area (Å²) >= 11 is 0. The molecule has 0 bridgehead atoms. The highest BCUT2D eigenvalue weighted by Crippen LogP contribution is 2.41. The molecule has 2 saturated heterocycles. The van der Waals surface area contributed by atoms with Gasteiger partial charge in [0.05, 0.1) is 46.7 Å². The third-order valence-electron chi connectivity index (χ3n) is 14.2. The molecule has 17 nitrogen and oxygen atoms in total. The van der Waals surface area contributed by atoms with Crippen LogP contribution in [0.25, 0.3) is 5.70 Å². The van der Waals surface area contributed by atoms with Crippen molar-refractivity contribution < 1.29 is 37.0 Å². The van der Waals surface area contributed by atoms with Crippen LogP contribution in [0.1, 0.15) is 62.4 Å². The molecular weight excluding hydrogens is 978 g/mol. The molecule has 76 heavy (non-hydrogen) atoms. The van der Waals surface area contributed by atoms with Crippen molar-refractivity contribution in [3.05, 3.63) is 120 Å². The number of halogens is 3. The maximum atomic E-state index is 13.8. The lowest BCUT2D eigenvalue weighted by Gasteiger charge is -2.39. The molecule has 3 fully saturated rings. The number of anilines is 8. The highest BCUT2D eigenvalue weighted by molar-refractivity contribution is 6.25. The van der Waals surface area contributed by atoms with Gasteiger partial charge in [0.1, 0.15) is 29.5 Å². The third kappa shape index (κ3) is 11.9. The minimum absolute atomic E-state index is 0.0448. The summed E-state index contributed by atoms with van der Waals surface area (Å²) in [4.78, 5) is 61.6. The van der Waals surface area contributed by atoms with E-state index in [1.165, 1.54) is 18.2 Å². The number of alkyl halides is 3. The summed E-state index contributed by atoms with van der Waals surface area (Å²) in [5, 5.41) is 9.97. The van der Waals surface area contributed by atoms with Gasteiger partial charge in [-0.3, -0.25) is 24.3 Å². The summed E-state index contributed by atoms with van der Waals surface area (Å²) in [6.07, 6.45) is -1.66. The molecule has 4 aromatic carbocycles. The first-order valence-electron chi connectivity index (χ1n) is 25.4. The molecular formula is C56H63F3N12O5. The molecule has 4 aliphatic rings. The van der Waals surface area contributed by atoms with E-state index in [0.29, 0.717) is 61.8 Å². The van der Waals surface area contributed by atoms with Gasteiger partial charge in [0, 0.05) is 99.6 Å². The standard InChI is InChI=1S/C56H63F3N12O5/c1-6-75-48-30-38(14-18-43(48)66-54-62-33-46-52(67-54)65-42-10-8-7-9-40(42)34(2)68(46)5)70-21-19-35(20-22-70)53(74)71-25-23-69(24-26-71)27-28-76-39-15-11-36(12-16-39)63-44-29-37(13-17-41(44)51(61)73)64-45-31-55(3,4)32-47(72)49(45)50(60)56(57,58)59/h7-18,29-30,33,35,63H,2,6,19-28,31-32,60H2,1,3-5H3,(H2,61,73)(H2,62,65,66,67). The molecule has 0 unspecified atom stereocenters. The van der Waals surface area contributed by atoms with Gasteiger partial charge in [0.25, 0.3) is 5.91 Å². The normalized spacial score (nSPS) is 18.3. The topological polar surface area (TPSA) is 209 Å². The number of ether oxygens (including phenoxy) is 2. The number of nitrogens with two attached hydrogens (primary N) is 2. The van der Waals surface area contributed by atoms with E-state index in [2.05, 4.69) is 48.4 Å². The number of hydrogen-bond acceptors (Lipinski definition) is 15. The predicted molar refractivity (Wildman–Crippen MR) is 291 cm³/mol. The summed E-state index contributed by atoms with van der Waals surface area (Å²) in [6, 6.07) is 25.5. The maximum absolute atomic E-state index is 13.8. The van der Waals surface area contributed by atoms with Crippen molar-refractivity contribution in [3.63, 3.8) is 0 Å². The number of primary amides is 1. The fourth-order valence-electron chi connectivity index (χ4n) is 10.1. The Morgan fingerprint density at radius 3 is 2.36 bits per heavy atom. The van der Waals surface area contributed by atoms with Crippen LogP contribution in [0, 0.1) is 11.3 Å². The number of para-hydroxylation sites is 1. The van der Waals surface area contributed by atoms with Crippen molar-refractivity contribution in [1.29, 1.82) is 0 Å². The van der Waals surface area contributed by atoms with E-state index < -0.39 is 34.6 Å². The van der Waals surface area contributed by atoms with Crippen LogP contribution < -0.4 is 46.7 Å². The molecule has 4 heterocycles. The lowest BCUT2D eigenvalue weighted by Crippen LogP contribution is -2.52. The number of fused-ring (bicyclic) bond motifs is 2. The summed E-state index contributed by atoms with van der Waals surface area (Å²) < 4.78 is 53.3. The Morgan fingerprint density at radius 2 is 1.64 bits per heavy atom. The first kappa shape index (κ1) is 52.7. The van der Waals surface area contributed by atoms with Gasteiger partial charge in [-0.15, -0.1) is 0 Å². The second-order valence-electron chi connectivity index (χ2n) is 20.1. The van der Waals surface area contributed by atoms with E-state index in [4.69, 9.17) is 25.9 Å². The van der Waals surface area contributed by atoms with Gasteiger partial charge < -0.3 is 51.6 Å². The molecule has 9 rings (SSSR count). The molecule has 0 radical (unpaired) electrons. The lowest BCUT2D eigenvalue weighted by molar-refractivity contribution is -0.138. The second-order valence-corrected chi connectivity index (χ2v) is 20.1. The number of allylic oxidation sites excluding steroid dienone is 2. The van der Waals surface area contributed by atoms with Crippen LogP contribution in [0.4, 0.5) is 64.7 Å². The first-order chi connectivity index (χ1) is 36.3. The molecule has 0 spiro atoms. The first-order valence-corrected chi connectivity index (χ1v) is 25.4. The average molecular weight is 1040 g/mol. The fraction of sp³-hybridized carbons (Fsp3) is 0.357. The summed E-state index contributed by atoms with van der Waals surface area (Å²) in [5.74, 6) is 1.08. The number of rotatable bonds is 14. The summed E-state index contributed by atoms with van der Waals surface area (Å²) in [7, 11) is 1.95. The number of amides is 2. The fourth-order valence-corrected chi connectivity index (χ4v) is 10.1. The predicted octanol–water partition coefficient (Wildman–Crippen LogP) is 9.30. The van der Waals surface area contributed by atoms with Gasteiger partial charge in [-0.1, -0.05) is 38.6 Å². The molecule has 5 aromatic rings. The lowest BCUT2D eigenvalue weighted by atomic mass is 9.73. The third-order valence-corrected chi connectivity index (χ3v) is 14.2. The Morgan fingerprint density at radius 1 is 0.908 bits per heavy atom. The van der Waals surface area contributed by atoms with E-state index >= 15 is 0 Å². The second kappa shape index (κ2) is 22.0. The molecule has 1 saturated carbocycles. The van der Waals surface area contributed by atoms with Crippen LogP contribution in [0.15, 0.2) is 114 Å². The smallest absolute Gasteiger partial charge is 0.431 e. The van der Waals surface area contributed by atoms with Gasteiger partial charge in [-0.25, -0.2) is 4.98 Å². The van der Waals surface area contributed by atoms with Crippen LogP contribution in [0.2, 0.25) is 0 Å². The molecule has 3 aliphatic heterocycles. The zero-order valence-electron chi connectivity index (χ0n) is 43.1. The Kier molecular flexibility index (Phi) is 15.3. The highest BCUT2D eigenvalue weighted by Gasteiger charge is 2.43. The van der Waals surface area contributed by atoms with Crippen LogP contribution in [-0.2, 0) is 9.59 Å². The molecule has 2 amide bonds. The van der Waals surface area contributed by atoms with E-state index in [-0.39, 0.29) is 47.3 Å². The van der Waals surface area contributed by atoms with Gasteiger partial charge in [0.2, 0.25) is 11.9 Å².